The molecule has 138 valence electrons. The van der Waals surface area contributed by atoms with Crippen LogP contribution in [0.5, 0.6) is 11.5 Å². The number of thiazole rings is 1. The van der Waals surface area contributed by atoms with E-state index in [2.05, 4.69) is 10.3 Å². The fourth-order valence-electron chi connectivity index (χ4n) is 3.47. The van der Waals surface area contributed by atoms with Gasteiger partial charge in [0.05, 0.1) is 0 Å². The predicted molar refractivity (Wildman–Crippen MR) is 101 cm³/mol. The number of carbonyl (C=O) groups excluding carboxylic acids is 1. The SMILES string of the molecule is CNCCC1CCN(C(=O)c2csc(-c3ccc4c(c3)OCO4)n2)CC1. The number of carbonyl (C=O) groups is 1. The minimum atomic E-state index is 0.0420. The topological polar surface area (TPSA) is 63.7 Å². The monoisotopic (exact) mass is 373 g/mol. The van der Waals surface area contributed by atoms with Crippen molar-refractivity contribution in [2.75, 3.05) is 33.5 Å². The number of hydrogen-bond acceptors (Lipinski definition) is 6. The Morgan fingerprint density at radius 1 is 1.31 bits per heavy atom. The van der Waals surface area contributed by atoms with E-state index in [1.807, 2.05) is 35.5 Å². The van der Waals surface area contributed by atoms with E-state index in [0.29, 0.717) is 11.6 Å². The van der Waals surface area contributed by atoms with Crippen molar-refractivity contribution in [2.45, 2.75) is 19.3 Å². The minimum Gasteiger partial charge on any atom is -0.454 e. The Kier molecular flexibility index (Phi) is 5.08. The third-order valence-electron chi connectivity index (χ3n) is 5.05. The van der Waals surface area contributed by atoms with Crippen molar-refractivity contribution < 1.29 is 14.3 Å². The number of aromatic nitrogens is 1. The molecular formula is C19H23N3O3S. The maximum atomic E-state index is 12.8. The molecule has 0 bridgehead atoms. The summed E-state index contributed by atoms with van der Waals surface area (Å²) in [5, 5.41) is 5.89. The number of amides is 1. The summed E-state index contributed by atoms with van der Waals surface area (Å²) in [7, 11) is 1.98. The zero-order chi connectivity index (χ0) is 17.9. The summed E-state index contributed by atoms with van der Waals surface area (Å²) >= 11 is 1.49. The summed E-state index contributed by atoms with van der Waals surface area (Å²) in [6, 6.07) is 5.76. The lowest BCUT2D eigenvalue weighted by atomic mass is 9.93. The number of ether oxygens (including phenoxy) is 2. The molecule has 7 heteroatoms. The normalized spacial score (nSPS) is 16.9. The molecule has 2 aliphatic heterocycles. The van der Waals surface area contributed by atoms with E-state index in [1.165, 1.54) is 17.8 Å². The third kappa shape index (κ3) is 3.54. The quantitative estimate of drug-likeness (QED) is 0.873. The lowest BCUT2D eigenvalue weighted by molar-refractivity contribution is 0.0682. The van der Waals surface area contributed by atoms with Gasteiger partial charge >= 0.3 is 0 Å². The van der Waals surface area contributed by atoms with Crippen molar-refractivity contribution in [1.82, 2.24) is 15.2 Å². The zero-order valence-corrected chi connectivity index (χ0v) is 15.7. The van der Waals surface area contributed by atoms with E-state index in [4.69, 9.17) is 9.47 Å². The highest BCUT2D eigenvalue weighted by Gasteiger charge is 2.25. The molecule has 1 aromatic heterocycles. The molecule has 1 aromatic carbocycles. The number of likely N-dealkylation sites (tertiary alicyclic amines) is 1. The van der Waals surface area contributed by atoms with Crippen LogP contribution in [0.15, 0.2) is 23.6 Å². The number of piperidine rings is 1. The summed E-state index contributed by atoms with van der Waals surface area (Å²) in [6.45, 7) is 2.95. The predicted octanol–water partition coefficient (Wildman–Crippen LogP) is 3.00. The second kappa shape index (κ2) is 7.63. The summed E-state index contributed by atoms with van der Waals surface area (Å²) in [4.78, 5) is 19.3. The Balaban J connectivity index is 1.41. The Morgan fingerprint density at radius 2 is 2.12 bits per heavy atom. The molecule has 1 N–H and O–H groups in total. The van der Waals surface area contributed by atoms with Crippen LogP contribution in [0.2, 0.25) is 0 Å². The lowest BCUT2D eigenvalue weighted by Crippen LogP contribution is -2.39. The molecule has 2 aromatic rings. The first-order chi connectivity index (χ1) is 12.7. The maximum Gasteiger partial charge on any atom is 0.273 e. The van der Waals surface area contributed by atoms with Gasteiger partial charge in [0.15, 0.2) is 11.5 Å². The smallest absolute Gasteiger partial charge is 0.273 e. The van der Waals surface area contributed by atoms with Crippen molar-refractivity contribution in [3.05, 3.63) is 29.3 Å². The van der Waals surface area contributed by atoms with Crippen LogP contribution in [-0.2, 0) is 0 Å². The Bertz CT molecular complexity index is 784. The number of hydrogen-bond donors (Lipinski definition) is 1. The van der Waals surface area contributed by atoms with E-state index in [9.17, 15) is 4.79 Å². The van der Waals surface area contributed by atoms with Crippen LogP contribution in [0.1, 0.15) is 29.8 Å². The van der Waals surface area contributed by atoms with Crippen molar-refractivity contribution in [3.63, 3.8) is 0 Å². The van der Waals surface area contributed by atoms with Crippen molar-refractivity contribution >= 4 is 17.2 Å². The summed E-state index contributed by atoms with van der Waals surface area (Å²) < 4.78 is 10.8. The van der Waals surface area contributed by atoms with Gasteiger partial charge in [-0.2, -0.15) is 0 Å². The largest absolute Gasteiger partial charge is 0.454 e. The van der Waals surface area contributed by atoms with E-state index in [1.54, 1.807) is 0 Å². The van der Waals surface area contributed by atoms with Crippen LogP contribution < -0.4 is 14.8 Å². The summed E-state index contributed by atoms with van der Waals surface area (Å²) in [5.74, 6) is 2.24. The van der Waals surface area contributed by atoms with Gasteiger partial charge in [-0.1, -0.05) is 0 Å². The average Bonchev–Trinajstić information content (AvgIpc) is 3.35. The van der Waals surface area contributed by atoms with Gasteiger partial charge in [-0.15, -0.1) is 11.3 Å². The molecule has 1 saturated heterocycles. The van der Waals surface area contributed by atoms with Crippen LogP contribution in [0, 0.1) is 5.92 Å². The molecule has 0 aliphatic carbocycles. The van der Waals surface area contributed by atoms with Gasteiger partial charge in [0.1, 0.15) is 10.7 Å². The number of nitrogens with zero attached hydrogens (tertiary/aromatic N) is 2. The van der Waals surface area contributed by atoms with Crippen molar-refractivity contribution in [3.8, 4) is 22.1 Å². The molecule has 1 amide bonds. The van der Waals surface area contributed by atoms with E-state index >= 15 is 0 Å². The number of nitrogens with one attached hydrogen (secondary N) is 1. The second-order valence-corrected chi connectivity index (χ2v) is 7.59. The first kappa shape index (κ1) is 17.3. The van der Waals surface area contributed by atoms with Gasteiger partial charge in [0.25, 0.3) is 5.91 Å². The summed E-state index contributed by atoms with van der Waals surface area (Å²) in [6.07, 6.45) is 3.34. The Morgan fingerprint density at radius 3 is 2.92 bits per heavy atom. The van der Waals surface area contributed by atoms with Crippen LogP contribution in [0.3, 0.4) is 0 Å². The van der Waals surface area contributed by atoms with Gasteiger partial charge in [-0.3, -0.25) is 4.79 Å². The minimum absolute atomic E-state index is 0.0420. The van der Waals surface area contributed by atoms with E-state index in [-0.39, 0.29) is 12.7 Å². The molecule has 0 saturated carbocycles. The number of benzene rings is 1. The van der Waals surface area contributed by atoms with Crippen LogP contribution in [-0.4, -0.2) is 49.3 Å². The van der Waals surface area contributed by atoms with E-state index < -0.39 is 0 Å². The Hall–Kier alpha value is -2.12. The molecule has 0 unspecified atom stereocenters. The number of rotatable bonds is 5. The molecule has 3 heterocycles. The van der Waals surface area contributed by atoms with Gasteiger partial charge in [0, 0.05) is 24.0 Å². The highest BCUT2D eigenvalue weighted by atomic mass is 32.1. The molecule has 0 spiro atoms. The highest BCUT2D eigenvalue weighted by molar-refractivity contribution is 7.13. The third-order valence-corrected chi connectivity index (χ3v) is 5.94. The second-order valence-electron chi connectivity index (χ2n) is 6.73. The summed E-state index contributed by atoms with van der Waals surface area (Å²) in [5.41, 5.74) is 1.49. The fraction of sp³-hybridized carbons (Fsp3) is 0.474. The molecule has 0 atom stereocenters. The molecular weight excluding hydrogens is 350 g/mol. The van der Waals surface area contributed by atoms with Gasteiger partial charge in [-0.25, -0.2) is 4.98 Å². The molecule has 0 radical (unpaired) electrons. The zero-order valence-electron chi connectivity index (χ0n) is 14.9. The first-order valence-electron chi connectivity index (χ1n) is 9.04. The van der Waals surface area contributed by atoms with Gasteiger partial charge in [-0.05, 0) is 57.0 Å². The van der Waals surface area contributed by atoms with Crippen molar-refractivity contribution in [2.24, 2.45) is 5.92 Å². The van der Waals surface area contributed by atoms with Crippen LogP contribution >= 0.6 is 11.3 Å². The van der Waals surface area contributed by atoms with Gasteiger partial charge in [0.2, 0.25) is 6.79 Å². The van der Waals surface area contributed by atoms with Crippen molar-refractivity contribution in [1.29, 1.82) is 0 Å². The van der Waals surface area contributed by atoms with E-state index in [0.717, 1.165) is 54.5 Å². The molecule has 6 nitrogen and oxygen atoms in total. The standard InChI is InChI=1S/C19H23N3O3S/c1-20-7-4-13-5-8-22(9-6-13)19(23)15-11-26-18(21-15)14-2-3-16-17(10-14)25-12-24-16/h2-3,10-11,13,20H,4-9,12H2,1H3. The number of fused-ring (bicyclic) bond motifs is 1. The maximum absolute atomic E-state index is 12.8. The lowest BCUT2D eigenvalue weighted by Gasteiger charge is -2.31. The Labute approximate surface area is 157 Å². The van der Waals surface area contributed by atoms with Crippen LogP contribution in [0.4, 0.5) is 0 Å². The highest BCUT2D eigenvalue weighted by Crippen LogP contribution is 2.36. The average molecular weight is 373 g/mol. The fourth-order valence-corrected chi connectivity index (χ4v) is 4.26. The molecule has 2 aliphatic rings. The molecule has 26 heavy (non-hydrogen) atoms. The van der Waals surface area contributed by atoms with Gasteiger partial charge < -0.3 is 19.7 Å². The molecule has 1 fully saturated rings. The first-order valence-corrected chi connectivity index (χ1v) is 9.92. The van der Waals surface area contributed by atoms with Crippen LogP contribution in [0.25, 0.3) is 10.6 Å². The molecule has 4 rings (SSSR count).